The molecule has 0 saturated heterocycles. The van der Waals surface area contributed by atoms with Crippen molar-refractivity contribution in [2.24, 2.45) is 0 Å². The minimum Gasteiger partial charge on any atom is -0.394 e. The van der Waals surface area contributed by atoms with Gasteiger partial charge in [0, 0.05) is 7.05 Å². The standard InChI is InChI=1S/C12H12ClFN4/c1-7-10(15)11(17-12(13)16-7)18(2)9-6-4-3-5-8(9)14/h3-6H,15H2,1-2H3. The Kier molecular flexibility index (Phi) is 3.34. The van der Waals surface area contributed by atoms with E-state index in [0.29, 0.717) is 22.9 Å². The number of nitrogen functional groups attached to an aromatic ring is 1. The van der Waals surface area contributed by atoms with Crippen molar-refractivity contribution in [1.29, 1.82) is 0 Å². The molecule has 0 atom stereocenters. The van der Waals surface area contributed by atoms with E-state index in [2.05, 4.69) is 9.97 Å². The molecule has 4 nitrogen and oxygen atoms in total. The highest BCUT2D eigenvalue weighted by Gasteiger charge is 2.15. The average Bonchev–Trinajstić information content (AvgIpc) is 2.33. The summed E-state index contributed by atoms with van der Waals surface area (Å²) in [4.78, 5) is 9.53. The van der Waals surface area contributed by atoms with Crippen molar-refractivity contribution in [3.8, 4) is 0 Å². The van der Waals surface area contributed by atoms with E-state index < -0.39 is 0 Å². The van der Waals surface area contributed by atoms with Gasteiger partial charge in [-0.05, 0) is 30.7 Å². The Balaban J connectivity index is 2.53. The molecule has 0 radical (unpaired) electrons. The molecule has 0 unspecified atom stereocenters. The van der Waals surface area contributed by atoms with Crippen LogP contribution in [0.3, 0.4) is 0 Å². The molecule has 0 spiro atoms. The third-order valence-electron chi connectivity index (χ3n) is 2.62. The number of aromatic nitrogens is 2. The highest BCUT2D eigenvalue weighted by atomic mass is 35.5. The Morgan fingerprint density at radius 3 is 2.61 bits per heavy atom. The van der Waals surface area contributed by atoms with E-state index in [9.17, 15) is 4.39 Å². The monoisotopic (exact) mass is 266 g/mol. The molecule has 2 rings (SSSR count). The van der Waals surface area contributed by atoms with Crippen molar-refractivity contribution in [2.75, 3.05) is 17.7 Å². The third kappa shape index (κ3) is 2.22. The van der Waals surface area contributed by atoms with Gasteiger partial charge in [0.05, 0.1) is 17.1 Å². The molecule has 0 aliphatic carbocycles. The van der Waals surface area contributed by atoms with Crippen LogP contribution in [-0.2, 0) is 0 Å². The zero-order valence-electron chi connectivity index (χ0n) is 9.98. The molecule has 0 aliphatic rings. The van der Waals surface area contributed by atoms with E-state index in [1.807, 2.05) is 0 Å². The molecule has 0 saturated carbocycles. The van der Waals surface area contributed by atoms with Crippen LogP contribution < -0.4 is 10.6 Å². The summed E-state index contributed by atoms with van der Waals surface area (Å²) in [5, 5.41) is 0.0832. The van der Waals surface area contributed by atoms with Gasteiger partial charge in [-0.1, -0.05) is 12.1 Å². The minimum absolute atomic E-state index is 0.0832. The molecule has 2 N–H and O–H groups in total. The van der Waals surface area contributed by atoms with Crippen molar-refractivity contribution >= 4 is 28.8 Å². The van der Waals surface area contributed by atoms with Crippen LogP contribution in [0.15, 0.2) is 24.3 Å². The maximum absolute atomic E-state index is 13.7. The Bertz CT molecular complexity index is 588. The normalized spacial score (nSPS) is 10.4. The minimum atomic E-state index is -0.355. The van der Waals surface area contributed by atoms with E-state index in [4.69, 9.17) is 17.3 Å². The van der Waals surface area contributed by atoms with Gasteiger partial charge in [-0.15, -0.1) is 0 Å². The highest BCUT2D eigenvalue weighted by molar-refractivity contribution is 6.28. The van der Waals surface area contributed by atoms with E-state index in [1.165, 1.54) is 6.07 Å². The van der Waals surface area contributed by atoms with Gasteiger partial charge in [-0.2, -0.15) is 4.98 Å². The second-order valence-corrected chi connectivity index (χ2v) is 4.16. The Morgan fingerprint density at radius 1 is 1.28 bits per heavy atom. The van der Waals surface area contributed by atoms with Gasteiger partial charge >= 0.3 is 0 Å². The van der Waals surface area contributed by atoms with Gasteiger partial charge in [-0.3, -0.25) is 0 Å². The van der Waals surface area contributed by atoms with Gasteiger partial charge < -0.3 is 10.6 Å². The number of halogens is 2. The number of benzene rings is 1. The van der Waals surface area contributed by atoms with E-state index >= 15 is 0 Å². The maximum Gasteiger partial charge on any atom is 0.224 e. The van der Waals surface area contributed by atoms with Gasteiger partial charge in [0.1, 0.15) is 5.82 Å². The Labute approximate surface area is 109 Å². The molecule has 0 bridgehead atoms. The molecular formula is C12H12ClFN4. The van der Waals surface area contributed by atoms with Crippen molar-refractivity contribution in [1.82, 2.24) is 9.97 Å². The topological polar surface area (TPSA) is 55.0 Å². The zero-order valence-corrected chi connectivity index (χ0v) is 10.7. The number of hydrogen-bond acceptors (Lipinski definition) is 4. The summed E-state index contributed by atoms with van der Waals surface area (Å²) in [6, 6.07) is 6.37. The van der Waals surface area contributed by atoms with Crippen molar-refractivity contribution < 1.29 is 4.39 Å². The van der Waals surface area contributed by atoms with Gasteiger partial charge in [-0.25, -0.2) is 9.37 Å². The summed E-state index contributed by atoms with van der Waals surface area (Å²) in [7, 11) is 1.67. The molecular weight excluding hydrogens is 255 g/mol. The fourth-order valence-electron chi connectivity index (χ4n) is 1.63. The lowest BCUT2D eigenvalue weighted by Gasteiger charge is -2.21. The summed E-state index contributed by atoms with van der Waals surface area (Å²) >= 11 is 5.80. The number of rotatable bonds is 2. The Hall–Kier alpha value is -1.88. The fraction of sp³-hybridized carbons (Fsp3) is 0.167. The lowest BCUT2D eigenvalue weighted by molar-refractivity contribution is 0.627. The van der Waals surface area contributed by atoms with Crippen LogP contribution in [0, 0.1) is 12.7 Å². The van der Waals surface area contributed by atoms with Gasteiger partial charge in [0.25, 0.3) is 0 Å². The lowest BCUT2D eigenvalue weighted by atomic mass is 10.2. The number of aryl methyl sites for hydroxylation is 1. The second-order valence-electron chi connectivity index (χ2n) is 3.83. The largest absolute Gasteiger partial charge is 0.394 e. The van der Waals surface area contributed by atoms with Crippen LogP contribution in [0.1, 0.15) is 5.69 Å². The first kappa shape index (κ1) is 12.6. The SMILES string of the molecule is Cc1nc(Cl)nc(N(C)c2ccccc2F)c1N. The van der Waals surface area contributed by atoms with Crippen LogP contribution >= 0.6 is 11.6 Å². The number of nitrogens with zero attached hydrogens (tertiary/aromatic N) is 3. The quantitative estimate of drug-likeness (QED) is 0.849. The zero-order chi connectivity index (χ0) is 13.3. The van der Waals surface area contributed by atoms with Gasteiger partial charge in [0.15, 0.2) is 5.82 Å². The summed E-state index contributed by atoms with van der Waals surface area (Å²) in [6.45, 7) is 1.72. The smallest absolute Gasteiger partial charge is 0.224 e. The average molecular weight is 267 g/mol. The first-order chi connectivity index (χ1) is 8.50. The molecule has 0 amide bonds. The fourth-order valence-corrected chi connectivity index (χ4v) is 1.83. The lowest BCUT2D eigenvalue weighted by Crippen LogP contribution is -2.16. The number of hydrogen-bond donors (Lipinski definition) is 1. The number of para-hydroxylation sites is 1. The number of nitrogens with two attached hydrogens (primary N) is 1. The summed E-state index contributed by atoms with van der Waals surface area (Å²) in [5.74, 6) is 0.0318. The predicted molar refractivity (Wildman–Crippen MR) is 70.7 cm³/mol. The van der Waals surface area contributed by atoms with Gasteiger partial charge in [0.2, 0.25) is 5.28 Å². The van der Waals surface area contributed by atoms with Crippen molar-refractivity contribution in [3.63, 3.8) is 0 Å². The molecule has 0 aliphatic heterocycles. The predicted octanol–water partition coefficient (Wildman–Crippen LogP) is 2.93. The van der Waals surface area contributed by atoms with E-state index in [0.717, 1.165) is 0 Å². The first-order valence-electron chi connectivity index (χ1n) is 5.28. The maximum atomic E-state index is 13.7. The second kappa shape index (κ2) is 4.78. The molecule has 1 aromatic carbocycles. The summed E-state index contributed by atoms with van der Waals surface area (Å²) in [6.07, 6.45) is 0. The van der Waals surface area contributed by atoms with E-state index in [-0.39, 0.29) is 11.1 Å². The number of anilines is 3. The Morgan fingerprint density at radius 2 is 1.94 bits per heavy atom. The molecule has 18 heavy (non-hydrogen) atoms. The third-order valence-corrected chi connectivity index (χ3v) is 2.79. The summed E-state index contributed by atoms with van der Waals surface area (Å²) in [5.41, 5.74) is 7.21. The first-order valence-corrected chi connectivity index (χ1v) is 5.66. The van der Waals surface area contributed by atoms with Crippen LogP contribution in [0.25, 0.3) is 0 Å². The van der Waals surface area contributed by atoms with Crippen LogP contribution in [0.2, 0.25) is 5.28 Å². The molecule has 6 heteroatoms. The molecule has 94 valence electrons. The molecule has 1 heterocycles. The summed E-state index contributed by atoms with van der Waals surface area (Å²) < 4.78 is 13.7. The molecule has 2 aromatic rings. The van der Waals surface area contributed by atoms with Crippen LogP contribution in [0.4, 0.5) is 21.6 Å². The highest BCUT2D eigenvalue weighted by Crippen LogP contribution is 2.30. The van der Waals surface area contributed by atoms with Crippen molar-refractivity contribution in [2.45, 2.75) is 6.92 Å². The van der Waals surface area contributed by atoms with E-state index in [1.54, 1.807) is 37.1 Å². The van der Waals surface area contributed by atoms with Crippen LogP contribution in [0.5, 0.6) is 0 Å². The van der Waals surface area contributed by atoms with Crippen molar-refractivity contribution in [3.05, 3.63) is 41.1 Å². The molecule has 0 fully saturated rings. The molecule has 1 aromatic heterocycles. The van der Waals surface area contributed by atoms with Crippen LogP contribution in [-0.4, -0.2) is 17.0 Å².